The molecule has 1 amide bonds. The van der Waals surface area contributed by atoms with E-state index in [0.717, 1.165) is 38.5 Å². The molecule has 3 aliphatic carbocycles. The fourth-order valence-corrected chi connectivity index (χ4v) is 7.28. The summed E-state index contributed by atoms with van der Waals surface area (Å²) in [7, 11) is 0. The summed E-state index contributed by atoms with van der Waals surface area (Å²) in [5.74, 6) is -0.157. The van der Waals surface area contributed by atoms with Crippen LogP contribution in [0.2, 0.25) is 10.0 Å². The lowest BCUT2D eigenvalue weighted by Crippen LogP contribution is -2.52. The molecule has 1 heterocycles. The number of hydrogen-bond acceptors (Lipinski definition) is 4. The van der Waals surface area contributed by atoms with Gasteiger partial charge in [0, 0.05) is 26.7 Å². The zero-order valence-corrected chi connectivity index (χ0v) is 23.8. The minimum Gasteiger partial charge on any atom is -0.386 e. The molecule has 3 aliphatic rings. The van der Waals surface area contributed by atoms with Crippen molar-refractivity contribution in [2.75, 3.05) is 13.1 Å². The molecule has 1 aromatic carbocycles. The van der Waals surface area contributed by atoms with Crippen LogP contribution < -0.4 is 0 Å². The summed E-state index contributed by atoms with van der Waals surface area (Å²) in [5, 5.41) is 16.2. The molecule has 1 spiro atoms. The Morgan fingerprint density at radius 3 is 2.34 bits per heavy atom. The number of Topliss-reactive ketones (excluding diaryl/α,β-unsaturated/α-hetero) is 1. The summed E-state index contributed by atoms with van der Waals surface area (Å²) in [4.78, 5) is 27.4. The molecule has 0 bridgehead atoms. The van der Waals surface area contributed by atoms with Crippen molar-refractivity contribution in [2.24, 2.45) is 10.8 Å². The Morgan fingerprint density at radius 1 is 1.18 bits per heavy atom. The lowest BCUT2D eigenvalue weighted by molar-refractivity contribution is -0.127. The van der Waals surface area contributed by atoms with Crippen LogP contribution in [0.4, 0.5) is 4.39 Å². The third-order valence-corrected chi connectivity index (χ3v) is 10.0. The summed E-state index contributed by atoms with van der Waals surface area (Å²) in [5.41, 5.74) is -0.226. The fraction of sp³-hybridized carbons (Fsp3) is 0.621. The number of halogens is 3. The van der Waals surface area contributed by atoms with Gasteiger partial charge in [-0.3, -0.25) is 14.3 Å². The molecule has 0 aliphatic heterocycles. The molecule has 6 nitrogen and oxygen atoms in total. The number of ketones is 1. The van der Waals surface area contributed by atoms with E-state index in [1.54, 1.807) is 31.3 Å². The van der Waals surface area contributed by atoms with Gasteiger partial charge in [0.1, 0.15) is 11.5 Å². The molecular weight excluding hydrogens is 528 g/mol. The van der Waals surface area contributed by atoms with Crippen molar-refractivity contribution in [1.82, 2.24) is 14.7 Å². The maximum absolute atomic E-state index is 15.7. The monoisotopic (exact) mass is 563 g/mol. The standard InChI is InChI=1S/C29H36Cl2FN3O3/c1-18-21(13-33-35(18)20-7-9-27(3,10-8-20)19(2)36)26(38)34(17-29(32)15-28(16-29)11-12-28)14-24(37)25-22(30)5-4-6-23(25)31/h4-6,13,20,24,37H,7-12,14-17H2,1-3H3. The zero-order chi connectivity index (χ0) is 27.5. The van der Waals surface area contributed by atoms with Gasteiger partial charge in [0.15, 0.2) is 0 Å². The predicted molar refractivity (Wildman–Crippen MR) is 145 cm³/mol. The third-order valence-electron chi connectivity index (χ3n) is 9.36. The van der Waals surface area contributed by atoms with Gasteiger partial charge in [-0.05, 0) is 82.8 Å². The van der Waals surface area contributed by atoms with Gasteiger partial charge in [-0.25, -0.2) is 4.39 Å². The topological polar surface area (TPSA) is 75.4 Å². The minimum atomic E-state index is -1.47. The van der Waals surface area contributed by atoms with Crippen LogP contribution in [0.15, 0.2) is 24.4 Å². The van der Waals surface area contributed by atoms with Crippen LogP contribution in [-0.4, -0.2) is 50.2 Å². The van der Waals surface area contributed by atoms with Gasteiger partial charge in [0.25, 0.3) is 5.91 Å². The highest BCUT2D eigenvalue weighted by atomic mass is 35.5. The Hall–Kier alpha value is -1.96. The molecule has 1 aromatic heterocycles. The van der Waals surface area contributed by atoms with Crippen molar-refractivity contribution in [3.05, 3.63) is 51.3 Å². The van der Waals surface area contributed by atoms with Crippen LogP contribution in [0.25, 0.3) is 0 Å². The molecule has 2 aromatic rings. The van der Waals surface area contributed by atoms with E-state index in [-0.39, 0.29) is 41.7 Å². The number of aliphatic hydroxyl groups is 1. The highest BCUT2D eigenvalue weighted by Crippen LogP contribution is 2.66. The predicted octanol–water partition coefficient (Wildman–Crippen LogP) is 6.67. The number of rotatable bonds is 8. The molecule has 3 fully saturated rings. The average Bonchev–Trinajstić information content (AvgIpc) is 3.51. The summed E-state index contributed by atoms with van der Waals surface area (Å²) in [6, 6.07) is 5.05. The molecule has 5 rings (SSSR count). The van der Waals surface area contributed by atoms with Gasteiger partial charge in [-0.1, -0.05) is 36.2 Å². The lowest BCUT2D eigenvalue weighted by atomic mass is 9.69. The van der Waals surface area contributed by atoms with Crippen LogP contribution in [0, 0.1) is 17.8 Å². The number of benzene rings is 1. The van der Waals surface area contributed by atoms with Crippen LogP contribution in [-0.2, 0) is 4.79 Å². The van der Waals surface area contributed by atoms with Gasteiger partial charge in [0.05, 0.1) is 37.0 Å². The van der Waals surface area contributed by atoms with E-state index in [2.05, 4.69) is 5.10 Å². The Bertz CT molecular complexity index is 1220. The van der Waals surface area contributed by atoms with Crippen molar-refractivity contribution >= 4 is 34.9 Å². The van der Waals surface area contributed by atoms with E-state index in [1.807, 2.05) is 18.5 Å². The van der Waals surface area contributed by atoms with Crippen molar-refractivity contribution in [3.63, 3.8) is 0 Å². The number of aromatic nitrogens is 2. The van der Waals surface area contributed by atoms with E-state index in [0.29, 0.717) is 39.7 Å². The van der Waals surface area contributed by atoms with Crippen LogP contribution in [0.5, 0.6) is 0 Å². The normalized spacial score (nSPS) is 26.0. The van der Waals surface area contributed by atoms with Crippen molar-refractivity contribution < 1.29 is 19.1 Å². The van der Waals surface area contributed by atoms with Gasteiger partial charge < -0.3 is 10.0 Å². The van der Waals surface area contributed by atoms with Crippen molar-refractivity contribution in [2.45, 2.75) is 90.0 Å². The summed E-state index contributed by atoms with van der Waals surface area (Å²) in [6.45, 7) is 5.29. The molecule has 38 heavy (non-hydrogen) atoms. The Balaban J connectivity index is 1.37. The van der Waals surface area contributed by atoms with E-state index < -0.39 is 11.8 Å². The first-order valence-electron chi connectivity index (χ1n) is 13.5. The van der Waals surface area contributed by atoms with Gasteiger partial charge in [-0.15, -0.1) is 0 Å². The number of alkyl halides is 1. The Morgan fingerprint density at radius 2 is 1.79 bits per heavy atom. The molecular formula is C29H36Cl2FN3O3. The maximum Gasteiger partial charge on any atom is 0.257 e. The summed E-state index contributed by atoms with van der Waals surface area (Å²) >= 11 is 12.6. The minimum absolute atomic E-state index is 0.0961. The second kappa shape index (κ2) is 9.90. The lowest BCUT2D eigenvalue weighted by Gasteiger charge is -2.45. The van der Waals surface area contributed by atoms with E-state index in [9.17, 15) is 14.7 Å². The van der Waals surface area contributed by atoms with Crippen LogP contribution in [0.1, 0.15) is 99.0 Å². The van der Waals surface area contributed by atoms with E-state index in [4.69, 9.17) is 23.2 Å². The number of nitrogens with zero attached hydrogens (tertiary/aromatic N) is 3. The number of carbonyl (C=O) groups excluding carboxylic acids is 2. The summed E-state index contributed by atoms with van der Waals surface area (Å²) in [6.07, 6.45) is 6.51. The highest BCUT2D eigenvalue weighted by Gasteiger charge is 2.62. The molecule has 1 atom stereocenters. The molecule has 1 unspecified atom stereocenters. The Labute approximate surface area is 233 Å². The van der Waals surface area contributed by atoms with Crippen LogP contribution in [0.3, 0.4) is 0 Å². The zero-order valence-electron chi connectivity index (χ0n) is 22.3. The average molecular weight is 565 g/mol. The number of aliphatic hydroxyl groups excluding tert-OH is 1. The van der Waals surface area contributed by atoms with Crippen molar-refractivity contribution in [1.29, 1.82) is 0 Å². The van der Waals surface area contributed by atoms with Crippen molar-refractivity contribution in [3.8, 4) is 0 Å². The number of amides is 1. The summed E-state index contributed by atoms with van der Waals surface area (Å²) < 4.78 is 17.6. The van der Waals surface area contributed by atoms with E-state index in [1.165, 1.54) is 4.90 Å². The molecule has 1 N–H and O–H groups in total. The first-order valence-corrected chi connectivity index (χ1v) is 14.3. The largest absolute Gasteiger partial charge is 0.386 e. The maximum atomic E-state index is 15.7. The molecule has 206 valence electrons. The van der Waals surface area contributed by atoms with Gasteiger partial charge in [0.2, 0.25) is 0 Å². The van der Waals surface area contributed by atoms with Gasteiger partial charge in [-0.2, -0.15) is 5.10 Å². The SMILES string of the molecule is CC(=O)C1(C)CCC(n2ncc(C(=O)N(CC(O)c3c(Cl)cccc3Cl)CC3(F)CC4(CC4)C3)c2C)CC1. The molecule has 3 saturated carbocycles. The van der Waals surface area contributed by atoms with E-state index >= 15 is 4.39 Å². The second-order valence-corrected chi connectivity index (χ2v) is 13.1. The third kappa shape index (κ3) is 5.14. The molecule has 9 heteroatoms. The number of carbonyl (C=O) groups is 2. The quantitative estimate of drug-likeness (QED) is 0.389. The van der Waals surface area contributed by atoms with Crippen LogP contribution >= 0.6 is 23.2 Å². The smallest absolute Gasteiger partial charge is 0.257 e. The Kier molecular flexibility index (Phi) is 7.19. The van der Waals surface area contributed by atoms with Gasteiger partial charge >= 0.3 is 0 Å². The number of hydrogen-bond donors (Lipinski definition) is 1. The highest BCUT2D eigenvalue weighted by molar-refractivity contribution is 6.36. The second-order valence-electron chi connectivity index (χ2n) is 12.3. The first kappa shape index (κ1) is 27.6. The fourth-order valence-electron chi connectivity index (χ4n) is 6.63. The molecule has 0 saturated heterocycles. The first-order chi connectivity index (χ1) is 17.9. The molecule has 0 radical (unpaired) electrons.